The van der Waals surface area contributed by atoms with Crippen LogP contribution in [0.2, 0.25) is 0 Å². The van der Waals surface area contributed by atoms with Gasteiger partial charge in [0.2, 0.25) is 5.91 Å². The van der Waals surface area contributed by atoms with Crippen LogP contribution in [-0.2, 0) is 11.2 Å². The molecule has 1 saturated heterocycles. The van der Waals surface area contributed by atoms with Crippen LogP contribution in [0.1, 0.15) is 60.5 Å². The molecule has 1 aliphatic heterocycles. The van der Waals surface area contributed by atoms with Gasteiger partial charge < -0.3 is 4.90 Å². The molecule has 1 fully saturated rings. The fourth-order valence-electron chi connectivity index (χ4n) is 4.36. The van der Waals surface area contributed by atoms with E-state index in [1.165, 1.54) is 12.1 Å². The molecule has 31 heavy (non-hydrogen) atoms. The smallest absolute Gasteiger partial charge is 0.262 e. The lowest BCUT2D eigenvalue weighted by molar-refractivity contribution is -0.132. The first kappa shape index (κ1) is 21.7. The molecule has 0 N–H and O–H groups in total. The Morgan fingerprint density at radius 3 is 2.65 bits per heavy atom. The molecule has 0 unspecified atom stereocenters. The molecule has 1 aliphatic rings. The van der Waals surface area contributed by atoms with Crippen molar-refractivity contribution in [3.8, 4) is 0 Å². The summed E-state index contributed by atoms with van der Waals surface area (Å²) in [4.78, 5) is 35.2. The zero-order chi connectivity index (χ0) is 22.3. The van der Waals surface area contributed by atoms with Crippen molar-refractivity contribution >= 4 is 27.5 Å². The molecule has 0 bridgehead atoms. The Morgan fingerprint density at radius 2 is 1.97 bits per heavy atom. The summed E-state index contributed by atoms with van der Waals surface area (Å²) in [7, 11) is 0. The summed E-state index contributed by atoms with van der Waals surface area (Å²) in [6.07, 6.45) is 1.91. The number of aromatic nitrogens is 2. The third-order valence-electron chi connectivity index (χ3n) is 6.16. The van der Waals surface area contributed by atoms with Gasteiger partial charge in [-0.15, -0.1) is 11.3 Å². The number of aryl methyl sites for hydroxylation is 2. The van der Waals surface area contributed by atoms with E-state index in [0.29, 0.717) is 18.5 Å². The molecule has 0 spiro atoms. The Kier molecular flexibility index (Phi) is 5.97. The van der Waals surface area contributed by atoms with Crippen molar-refractivity contribution in [3.63, 3.8) is 0 Å². The average Bonchev–Trinajstić information content (AvgIpc) is 3.03. The molecule has 0 radical (unpaired) electrons. The second-order valence-electron chi connectivity index (χ2n) is 8.70. The zero-order valence-corrected chi connectivity index (χ0v) is 19.3. The monoisotopic (exact) mass is 441 g/mol. The van der Waals surface area contributed by atoms with Gasteiger partial charge in [-0.1, -0.05) is 26.0 Å². The normalized spacial score (nSPS) is 17.0. The van der Waals surface area contributed by atoms with Gasteiger partial charge in [0.25, 0.3) is 5.56 Å². The van der Waals surface area contributed by atoms with E-state index in [-0.39, 0.29) is 35.7 Å². The Balaban J connectivity index is 1.66. The maximum absolute atomic E-state index is 13.6. The van der Waals surface area contributed by atoms with Crippen molar-refractivity contribution in [1.29, 1.82) is 0 Å². The van der Waals surface area contributed by atoms with Crippen LogP contribution < -0.4 is 5.56 Å². The van der Waals surface area contributed by atoms with E-state index in [1.807, 2.05) is 23.3 Å². The molecular weight excluding hydrogens is 413 g/mol. The number of fused-ring (bicyclic) bond motifs is 1. The summed E-state index contributed by atoms with van der Waals surface area (Å²) in [5, 5.41) is 0.710. The number of nitrogens with zero attached hydrogens (tertiary/aromatic N) is 3. The van der Waals surface area contributed by atoms with Gasteiger partial charge in [0.05, 0.1) is 17.8 Å². The van der Waals surface area contributed by atoms with Gasteiger partial charge in [-0.2, -0.15) is 0 Å². The molecule has 1 amide bonds. The second-order valence-corrected chi connectivity index (χ2v) is 9.91. The topological polar surface area (TPSA) is 55.2 Å². The maximum Gasteiger partial charge on any atom is 0.262 e. The van der Waals surface area contributed by atoms with Crippen molar-refractivity contribution in [1.82, 2.24) is 14.5 Å². The summed E-state index contributed by atoms with van der Waals surface area (Å²) in [5.74, 6) is 0.588. The highest BCUT2D eigenvalue weighted by molar-refractivity contribution is 7.18. The summed E-state index contributed by atoms with van der Waals surface area (Å²) in [5.41, 5.74) is 1.80. The predicted molar refractivity (Wildman–Crippen MR) is 122 cm³/mol. The second kappa shape index (κ2) is 8.54. The number of rotatable bonds is 4. The minimum absolute atomic E-state index is 0.00653. The molecule has 1 atom stereocenters. The van der Waals surface area contributed by atoms with E-state index in [0.717, 1.165) is 39.5 Å². The van der Waals surface area contributed by atoms with Crippen molar-refractivity contribution in [2.45, 2.75) is 58.9 Å². The first-order valence-corrected chi connectivity index (χ1v) is 11.6. The first-order valence-electron chi connectivity index (χ1n) is 10.8. The molecule has 4 rings (SSSR count). The molecule has 0 aliphatic carbocycles. The van der Waals surface area contributed by atoms with Crippen LogP contribution in [-0.4, -0.2) is 33.4 Å². The zero-order valence-electron chi connectivity index (χ0n) is 18.4. The molecule has 2 aromatic heterocycles. The van der Waals surface area contributed by atoms with Gasteiger partial charge in [-0.3, -0.25) is 14.2 Å². The van der Waals surface area contributed by atoms with Crippen molar-refractivity contribution in [2.75, 3.05) is 13.1 Å². The third-order valence-corrected chi connectivity index (χ3v) is 7.26. The standard InChI is InChI=1S/C24H28FN3O2S/c1-14(2)22-26-23-21(15(3)16(4)31-23)24(30)28(22)19-6-5-11-27(13-19)20(29)12-17-7-9-18(25)10-8-17/h7-10,14,19H,5-6,11-13H2,1-4H3/t19-/m1/s1. The molecular formula is C24H28FN3O2S. The third kappa shape index (κ3) is 4.15. The average molecular weight is 442 g/mol. The van der Waals surface area contributed by atoms with Gasteiger partial charge in [0, 0.05) is 23.9 Å². The molecule has 164 valence electrons. The van der Waals surface area contributed by atoms with E-state index in [9.17, 15) is 14.0 Å². The quantitative estimate of drug-likeness (QED) is 0.587. The lowest BCUT2D eigenvalue weighted by atomic mass is 10.0. The summed E-state index contributed by atoms with van der Waals surface area (Å²) < 4.78 is 15.0. The molecule has 7 heteroatoms. The van der Waals surface area contributed by atoms with E-state index in [4.69, 9.17) is 4.98 Å². The van der Waals surface area contributed by atoms with Crippen LogP contribution in [0.4, 0.5) is 4.39 Å². The van der Waals surface area contributed by atoms with Crippen LogP contribution in [0.15, 0.2) is 29.1 Å². The summed E-state index contributed by atoms with van der Waals surface area (Å²) >= 11 is 1.57. The number of likely N-dealkylation sites (tertiary alicyclic amines) is 1. The van der Waals surface area contributed by atoms with E-state index < -0.39 is 0 Å². The molecule has 1 aromatic carbocycles. The van der Waals surface area contributed by atoms with Crippen molar-refractivity contribution < 1.29 is 9.18 Å². The van der Waals surface area contributed by atoms with E-state index >= 15 is 0 Å². The minimum atomic E-state index is -0.309. The fraction of sp³-hybridized carbons (Fsp3) is 0.458. The summed E-state index contributed by atoms with van der Waals surface area (Å²) in [6.45, 7) is 9.28. The van der Waals surface area contributed by atoms with Crippen molar-refractivity contribution in [2.24, 2.45) is 0 Å². The molecule has 5 nitrogen and oxygen atoms in total. The molecule has 0 saturated carbocycles. The van der Waals surface area contributed by atoms with E-state index in [2.05, 4.69) is 13.8 Å². The van der Waals surface area contributed by atoms with Crippen molar-refractivity contribution in [3.05, 3.63) is 62.3 Å². The highest BCUT2D eigenvalue weighted by Gasteiger charge is 2.29. The van der Waals surface area contributed by atoms with E-state index in [1.54, 1.807) is 23.5 Å². The number of carbonyl (C=O) groups is 1. The highest BCUT2D eigenvalue weighted by atomic mass is 32.1. The SMILES string of the molecule is Cc1sc2nc(C(C)C)n([C@@H]3CCCN(C(=O)Cc4ccc(F)cc4)C3)c(=O)c2c1C. The molecule has 3 aromatic rings. The van der Waals surface area contributed by atoms with Gasteiger partial charge in [0.1, 0.15) is 16.5 Å². The Morgan fingerprint density at radius 1 is 1.26 bits per heavy atom. The predicted octanol–water partition coefficient (Wildman–Crippen LogP) is 4.74. The Hall–Kier alpha value is -2.54. The van der Waals surface area contributed by atoms with Gasteiger partial charge >= 0.3 is 0 Å². The molecule has 3 heterocycles. The van der Waals surface area contributed by atoms with Crippen LogP contribution in [0.25, 0.3) is 10.2 Å². The fourth-order valence-corrected chi connectivity index (χ4v) is 5.39. The van der Waals surface area contributed by atoms with Gasteiger partial charge in [-0.25, -0.2) is 9.37 Å². The number of piperidine rings is 1. The lowest BCUT2D eigenvalue weighted by Gasteiger charge is -2.35. The van der Waals surface area contributed by atoms with Gasteiger partial charge in [-0.05, 0) is 49.9 Å². The van der Waals surface area contributed by atoms with Crippen LogP contribution in [0.3, 0.4) is 0 Å². The Labute approximate surface area is 185 Å². The number of thiophene rings is 1. The maximum atomic E-state index is 13.6. The first-order chi connectivity index (χ1) is 14.8. The lowest BCUT2D eigenvalue weighted by Crippen LogP contribution is -2.44. The largest absolute Gasteiger partial charge is 0.340 e. The van der Waals surface area contributed by atoms with Crippen LogP contribution in [0, 0.1) is 19.7 Å². The number of benzene rings is 1. The number of hydrogen-bond donors (Lipinski definition) is 0. The van der Waals surface area contributed by atoms with Crippen LogP contribution in [0.5, 0.6) is 0 Å². The number of halogens is 1. The summed E-state index contributed by atoms with van der Waals surface area (Å²) in [6, 6.07) is 5.96. The number of amides is 1. The Bertz CT molecular complexity index is 1180. The minimum Gasteiger partial charge on any atom is -0.340 e. The highest BCUT2D eigenvalue weighted by Crippen LogP contribution is 2.30. The number of hydrogen-bond acceptors (Lipinski definition) is 4. The van der Waals surface area contributed by atoms with Gasteiger partial charge in [0.15, 0.2) is 0 Å². The van der Waals surface area contributed by atoms with Crippen LogP contribution >= 0.6 is 11.3 Å². The number of carbonyl (C=O) groups excluding carboxylic acids is 1.